The number of hydrogen-bond donors (Lipinski definition) is 1. The van der Waals surface area contributed by atoms with Crippen LogP contribution in [0.15, 0.2) is 24.3 Å². The molecule has 1 aromatic rings. The van der Waals surface area contributed by atoms with Gasteiger partial charge in [0.15, 0.2) is 0 Å². The quantitative estimate of drug-likeness (QED) is 0.794. The fourth-order valence-electron chi connectivity index (χ4n) is 1.72. The standard InChI is InChI=1S/C12H16ClNO/c1-12(2)8-15-11(7-14-12)9-5-3-4-6-10(9)13/h3-6,11,14H,7-8H2,1-2H3/t11-/m1/s1. The molecule has 1 N–H and O–H groups in total. The molecule has 1 atom stereocenters. The van der Waals surface area contributed by atoms with Crippen LogP contribution in [0.3, 0.4) is 0 Å². The summed E-state index contributed by atoms with van der Waals surface area (Å²) in [7, 11) is 0. The van der Waals surface area contributed by atoms with E-state index in [2.05, 4.69) is 19.2 Å². The fraction of sp³-hybridized carbons (Fsp3) is 0.500. The third-order valence-corrected chi connectivity index (χ3v) is 3.01. The van der Waals surface area contributed by atoms with E-state index in [9.17, 15) is 0 Å². The maximum atomic E-state index is 6.12. The van der Waals surface area contributed by atoms with Crippen LogP contribution in [0.2, 0.25) is 5.02 Å². The van der Waals surface area contributed by atoms with Gasteiger partial charge >= 0.3 is 0 Å². The number of morpholine rings is 1. The average molecular weight is 226 g/mol. The van der Waals surface area contributed by atoms with Crippen molar-refractivity contribution in [1.29, 1.82) is 0 Å². The number of hydrogen-bond acceptors (Lipinski definition) is 2. The van der Waals surface area contributed by atoms with Crippen molar-refractivity contribution in [2.24, 2.45) is 0 Å². The predicted molar refractivity (Wildman–Crippen MR) is 62.2 cm³/mol. The van der Waals surface area contributed by atoms with Crippen molar-refractivity contribution in [1.82, 2.24) is 5.32 Å². The highest BCUT2D eigenvalue weighted by Crippen LogP contribution is 2.28. The molecule has 3 heteroatoms. The largest absolute Gasteiger partial charge is 0.370 e. The summed E-state index contributed by atoms with van der Waals surface area (Å²) < 4.78 is 5.81. The van der Waals surface area contributed by atoms with Crippen LogP contribution >= 0.6 is 11.6 Å². The minimum Gasteiger partial charge on any atom is -0.370 e. The van der Waals surface area contributed by atoms with Crippen LogP contribution < -0.4 is 5.32 Å². The van der Waals surface area contributed by atoms with Crippen LogP contribution in [0.25, 0.3) is 0 Å². The highest BCUT2D eigenvalue weighted by atomic mass is 35.5. The summed E-state index contributed by atoms with van der Waals surface area (Å²) in [4.78, 5) is 0. The van der Waals surface area contributed by atoms with Crippen molar-refractivity contribution in [3.8, 4) is 0 Å². The molecule has 15 heavy (non-hydrogen) atoms. The van der Waals surface area contributed by atoms with Crippen LogP contribution in [0, 0.1) is 0 Å². The molecule has 0 aromatic heterocycles. The third kappa shape index (κ3) is 2.51. The Morgan fingerprint density at radius 1 is 1.40 bits per heavy atom. The first-order valence-electron chi connectivity index (χ1n) is 5.19. The minimum atomic E-state index is 0.0672. The van der Waals surface area contributed by atoms with Crippen molar-refractivity contribution >= 4 is 11.6 Å². The summed E-state index contributed by atoms with van der Waals surface area (Å²) in [6.07, 6.45) is 0.0757. The summed E-state index contributed by atoms with van der Waals surface area (Å²) in [5.74, 6) is 0. The molecule has 1 heterocycles. The van der Waals surface area contributed by atoms with Gasteiger partial charge in [-0.05, 0) is 19.9 Å². The van der Waals surface area contributed by atoms with Gasteiger partial charge in [-0.1, -0.05) is 29.8 Å². The molecule has 0 bridgehead atoms. The Labute approximate surface area is 95.6 Å². The SMILES string of the molecule is CC1(C)CO[C@@H](c2ccccc2Cl)CN1. The van der Waals surface area contributed by atoms with Crippen LogP contribution in [0.1, 0.15) is 25.5 Å². The molecule has 1 fully saturated rings. The second-order valence-corrected chi connectivity index (χ2v) is 4.99. The molecule has 82 valence electrons. The summed E-state index contributed by atoms with van der Waals surface area (Å²) in [5.41, 5.74) is 1.14. The molecular formula is C12H16ClNO. The Morgan fingerprint density at radius 3 is 2.73 bits per heavy atom. The molecule has 1 saturated heterocycles. The van der Waals surface area contributed by atoms with E-state index >= 15 is 0 Å². The molecule has 0 unspecified atom stereocenters. The van der Waals surface area contributed by atoms with Crippen molar-refractivity contribution in [3.05, 3.63) is 34.9 Å². The molecule has 0 aliphatic carbocycles. The van der Waals surface area contributed by atoms with Gasteiger partial charge in [-0.25, -0.2) is 0 Å². The van der Waals surface area contributed by atoms with E-state index in [1.54, 1.807) is 0 Å². The molecule has 1 aliphatic heterocycles. The monoisotopic (exact) mass is 225 g/mol. The lowest BCUT2D eigenvalue weighted by Crippen LogP contribution is -2.50. The number of halogens is 1. The van der Waals surface area contributed by atoms with Crippen LogP contribution in [0.5, 0.6) is 0 Å². The molecule has 0 radical (unpaired) electrons. The molecule has 2 nitrogen and oxygen atoms in total. The first-order valence-corrected chi connectivity index (χ1v) is 5.57. The van der Waals surface area contributed by atoms with E-state index in [1.807, 2.05) is 24.3 Å². The van der Waals surface area contributed by atoms with E-state index in [1.165, 1.54) is 0 Å². The maximum absolute atomic E-state index is 6.12. The Kier molecular flexibility index (Phi) is 3.01. The van der Waals surface area contributed by atoms with Crippen molar-refractivity contribution in [3.63, 3.8) is 0 Å². The Bertz CT molecular complexity index is 341. The summed E-state index contributed by atoms with van der Waals surface area (Å²) in [6.45, 7) is 5.80. The second-order valence-electron chi connectivity index (χ2n) is 4.59. The van der Waals surface area contributed by atoms with Crippen LogP contribution in [-0.4, -0.2) is 18.7 Å². The summed E-state index contributed by atoms with van der Waals surface area (Å²) in [6, 6.07) is 7.85. The van der Waals surface area contributed by atoms with Gasteiger partial charge in [0.05, 0.1) is 12.7 Å². The van der Waals surface area contributed by atoms with E-state index in [0.29, 0.717) is 6.61 Å². The molecule has 1 aliphatic rings. The van der Waals surface area contributed by atoms with Gasteiger partial charge in [0, 0.05) is 22.7 Å². The van der Waals surface area contributed by atoms with Crippen LogP contribution in [-0.2, 0) is 4.74 Å². The number of benzene rings is 1. The minimum absolute atomic E-state index is 0.0672. The molecule has 2 rings (SSSR count). The second kappa shape index (κ2) is 4.12. The number of ether oxygens (including phenoxy) is 1. The molecule has 0 spiro atoms. The zero-order chi connectivity index (χ0) is 10.9. The van der Waals surface area contributed by atoms with Crippen molar-refractivity contribution in [2.75, 3.05) is 13.2 Å². The van der Waals surface area contributed by atoms with Crippen molar-refractivity contribution < 1.29 is 4.74 Å². The van der Waals surface area contributed by atoms with Gasteiger partial charge in [0.2, 0.25) is 0 Å². The van der Waals surface area contributed by atoms with E-state index in [4.69, 9.17) is 16.3 Å². The maximum Gasteiger partial charge on any atom is 0.0964 e. The molecule has 1 aromatic carbocycles. The Balaban J connectivity index is 2.11. The zero-order valence-electron chi connectivity index (χ0n) is 9.09. The van der Waals surface area contributed by atoms with E-state index in [0.717, 1.165) is 17.1 Å². The van der Waals surface area contributed by atoms with Gasteiger partial charge in [-0.2, -0.15) is 0 Å². The molecule has 0 amide bonds. The first kappa shape index (κ1) is 10.9. The lowest BCUT2D eigenvalue weighted by Gasteiger charge is -2.36. The van der Waals surface area contributed by atoms with Crippen molar-refractivity contribution in [2.45, 2.75) is 25.5 Å². The number of rotatable bonds is 1. The predicted octanol–water partition coefficient (Wildman–Crippen LogP) is 2.78. The Hall–Kier alpha value is -0.570. The highest BCUT2D eigenvalue weighted by Gasteiger charge is 2.28. The summed E-state index contributed by atoms with van der Waals surface area (Å²) >= 11 is 6.12. The first-order chi connectivity index (χ1) is 7.08. The smallest absolute Gasteiger partial charge is 0.0964 e. The number of nitrogens with one attached hydrogen (secondary N) is 1. The van der Waals surface area contributed by atoms with E-state index < -0.39 is 0 Å². The van der Waals surface area contributed by atoms with Gasteiger partial charge in [0.25, 0.3) is 0 Å². The lowest BCUT2D eigenvalue weighted by molar-refractivity contribution is -0.0228. The summed E-state index contributed by atoms with van der Waals surface area (Å²) in [5, 5.41) is 4.23. The van der Waals surface area contributed by atoms with Gasteiger partial charge < -0.3 is 10.1 Å². The van der Waals surface area contributed by atoms with Gasteiger partial charge in [-0.15, -0.1) is 0 Å². The Morgan fingerprint density at radius 2 is 2.13 bits per heavy atom. The fourth-order valence-corrected chi connectivity index (χ4v) is 1.98. The topological polar surface area (TPSA) is 21.3 Å². The molecule has 0 saturated carbocycles. The molecular weight excluding hydrogens is 210 g/mol. The van der Waals surface area contributed by atoms with Gasteiger partial charge in [0.1, 0.15) is 0 Å². The lowest BCUT2D eigenvalue weighted by atomic mass is 10.0. The normalized spacial score (nSPS) is 25.1. The highest BCUT2D eigenvalue weighted by molar-refractivity contribution is 6.31. The van der Waals surface area contributed by atoms with E-state index in [-0.39, 0.29) is 11.6 Å². The van der Waals surface area contributed by atoms with Crippen LogP contribution in [0.4, 0.5) is 0 Å². The van der Waals surface area contributed by atoms with Gasteiger partial charge in [-0.3, -0.25) is 0 Å². The average Bonchev–Trinajstić information content (AvgIpc) is 2.19. The zero-order valence-corrected chi connectivity index (χ0v) is 9.84. The third-order valence-electron chi connectivity index (χ3n) is 2.66.